The Morgan fingerprint density at radius 2 is 1.72 bits per heavy atom. The normalized spacial score (nSPS) is 21.2. The molecule has 1 heterocycles. The Hall–Kier alpha value is -2.14. The van der Waals surface area contributed by atoms with Crippen LogP contribution in [-0.4, -0.2) is 24.3 Å². The van der Waals surface area contributed by atoms with Gasteiger partial charge in [-0.25, -0.2) is 0 Å². The van der Waals surface area contributed by atoms with Crippen molar-refractivity contribution < 1.29 is 18.0 Å². The van der Waals surface area contributed by atoms with Crippen LogP contribution in [0.25, 0.3) is 0 Å². The number of carbonyl (C=O) groups is 1. The molecule has 0 radical (unpaired) electrons. The molecule has 1 aliphatic rings. The highest BCUT2D eigenvalue weighted by molar-refractivity contribution is 5.80. The average molecular weight is 403 g/mol. The van der Waals surface area contributed by atoms with Gasteiger partial charge in [0.2, 0.25) is 0 Å². The molecule has 0 N–H and O–H groups in total. The number of ketones is 1. The summed E-state index contributed by atoms with van der Waals surface area (Å²) in [5.74, 6) is 0.522. The Kier molecular flexibility index (Phi) is 6.47. The quantitative estimate of drug-likeness (QED) is 0.633. The van der Waals surface area contributed by atoms with Gasteiger partial charge in [0.25, 0.3) is 0 Å². The van der Waals surface area contributed by atoms with Crippen LogP contribution in [0.3, 0.4) is 0 Å². The van der Waals surface area contributed by atoms with E-state index in [1.165, 1.54) is 16.7 Å². The molecule has 0 aliphatic carbocycles. The molecule has 5 heteroatoms. The van der Waals surface area contributed by atoms with Gasteiger partial charge in [0.05, 0.1) is 12.1 Å². The Bertz CT molecular complexity index is 857. The highest BCUT2D eigenvalue weighted by Crippen LogP contribution is 2.37. The van der Waals surface area contributed by atoms with Crippen molar-refractivity contribution in [2.75, 3.05) is 13.6 Å². The minimum absolute atomic E-state index is 0.134. The molecule has 2 aromatic rings. The number of benzene rings is 2. The van der Waals surface area contributed by atoms with E-state index in [9.17, 15) is 18.0 Å². The smallest absolute Gasteiger partial charge is 0.298 e. The Labute approximate surface area is 170 Å². The second-order valence-corrected chi connectivity index (χ2v) is 8.27. The van der Waals surface area contributed by atoms with Gasteiger partial charge in [-0.2, -0.15) is 13.2 Å². The number of alkyl halides is 3. The Balaban J connectivity index is 1.80. The molecule has 0 bridgehead atoms. The van der Waals surface area contributed by atoms with Gasteiger partial charge in [-0.15, -0.1) is 0 Å². The van der Waals surface area contributed by atoms with Crippen molar-refractivity contribution in [3.05, 3.63) is 70.3 Å². The number of rotatable bonds is 4. The molecule has 29 heavy (non-hydrogen) atoms. The van der Waals surface area contributed by atoms with Gasteiger partial charge in [-0.05, 0) is 80.5 Å². The summed E-state index contributed by atoms with van der Waals surface area (Å²) in [4.78, 5) is 14.3. The third kappa shape index (κ3) is 5.27. The van der Waals surface area contributed by atoms with Gasteiger partial charge in [0.15, 0.2) is 0 Å². The lowest BCUT2D eigenvalue weighted by Crippen LogP contribution is -2.31. The largest absolute Gasteiger partial charge is 0.416 e. The molecule has 2 atom stereocenters. The van der Waals surface area contributed by atoms with Gasteiger partial charge < -0.3 is 0 Å². The fourth-order valence-corrected chi connectivity index (χ4v) is 4.31. The van der Waals surface area contributed by atoms with Crippen LogP contribution in [-0.2, 0) is 17.4 Å². The van der Waals surface area contributed by atoms with Crippen LogP contribution in [0.4, 0.5) is 13.2 Å². The van der Waals surface area contributed by atoms with Crippen LogP contribution in [0.2, 0.25) is 0 Å². The maximum Gasteiger partial charge on any atom is 0.416 e. The molecule has 0 aromatic heterocycles. The van der Waals surface area contributed by atoms with Crippen molar-refractivity contribution in [3.8, 4) is 0 Å². The van der Waals surface area contributed by atoms with Crippen LogP contribution < -0.4 is 0 Å². The standard InChI is InChI=1S/C24H28F3NO/c1-16-4-8-20(14-17(16)2)23-19(10-13-22(29)15-28(23)3)9-5-18-6-11-21(12-7-18)24(25,26)27/h4,6-8,11-12,14,19,23H,5,9-10,13,15H2,1-3H3. The molecule has 1 fully saturated rings. The number of carbonyl (C=O) groups excluding carboxylic acids is 1. The summed E-state index contributed by atoms with van der Waals surface area (Å²) in [5.41, 5.74) is 3.96. The Morgan fingerprint density at radius 1 is 1.03 bits per heavy atom. The molecule has 2 aromatic carbocycles. The number of likely N-dealkylation sites (N-methyl/N-ethyl adjacent to an activating group) is 1. The van der Waals surface area contributed by atoms with E-state index in [1.54, 1.807) is 12.1 Å². The first kappa shape index (κ1) is 21.6. The maximum absolute atomic E-state index is 12.8. The van der Waals surface area contributed by atoms with Crippen LogP contribution >= 0.6 is 0 Å². The summed E-state index contributed by atoms with van der Waals surface area (Å²) < 4.78 is 38.4. The first-order valence-electron chi connectivity index (χ1n) is 10.1. The van der Waals surface area contributed by atoms with Crippen molar-refractivity contribution in [1.82, 2.24) is 4.90 Å². The molecule has 0 spiro atoms. The summed E-state index contributed by atoms with van der Waals surface area (Å²) in [5, 5.41) is 0. The van der Waals surface area contributed by atoms with Gasteiger partial charge in [-0.3, -0.25) is 9.69 Å². The minimum atomic E-state index is -4.31. The summed E-state index contributed by atoms with van der Waals surface area (Å²) in [7, 11) is 1.99. The van der Waals surface area contributed by atoms with Crippen LogP contribution in [0.15, 0.2) is 42.5 Å². The van der Waals surface area contributed by atoms with E-state index in [0.717, 1.165) is 30.5 Å². The molecule has 0 saturated carbocycles. The van der Waals surface area contributed by atoms with E-state index in [0.29, 0.717) is 19.4 Å². The number of hydrogen-bond donors (Lipinski definition) is 0. The second kappa shape index (κ2) is 8.70. The van der Waals surface area contributed by atoms with E-state index in [-0.39, 0.29) is 17.7 Å². The van der Waals surface area contributed by atoms with E-state index >= 15 is 0 Å². The van der Waals surface area contributed by atoms with E-state index in [2.05, 4.69) is 36.9 Å². The monoisotopic (exact) mass is 403 g/mol. The first-order valence-corrected chi connectivity index (χ1v) is 10.1. The maximum atomic E-state index is 12.8. The third-order valence-electron chi connectivity index (χ3n) is 6.10. The SMILES string of the molecule is Cc1ccc(C2C(CCc3ccc(C(F)(F)F)cc3)CCC(=O)CN2C)cc1C. The number of Topliss-reactive ketones (excluding diaryl/α,β-unsaturated/α-hetero) is 1. The summed E-state index contributed by atoms with van der Waals surface area (Å²) in [6.07, 6.45) is -1.41. The minimum Gasteiger partial charge on any atom is -0.298 e. The lowest BCUT2D eigenvalue weighted by molar-refractivity contribution is -0.137. The molecule has 2 nitrogen and oxygen atoms in total. The molecule has 0 amide bonds. The Morgan fingerprint density at radius 3 is 2.34 bits per heavy atom. The summed E-state index contributed by atoms with van der Waals surface area (Å²) in [6, 6.07) is 12.0. The van der Waals surface area contributed by atoms with Crippen LogP contribution in [0, 0.1) is 19.8 Å². The number of hydrogen-bond acceptors (Lipinski definition) is 2. The van der Waals surface area contributed by atoms with Gasteiger partial charge in [-0.1, -0.05) is 30.3 Å². The molecular formula is C24H28F3NO. The number of halogens is 3. The summed E-state index contributed by atoms with van der Waals surface area (Å²) >= 11 is 0. The molecule has 1 saturated heterocycles. The fraction of sp³-hybridized carbons (Fsp3) is 0.458. The molecule has 156 valence electrons. The second-order valence-electron chi connectivity index (χ2n) is 8.27. The number of nitrogens with zero attached hydrogens (tertiary/aromatic N) is 1. The van der Waals surface area contributed by atoms with Crippen molar-refractivity contribution in [2.24, 2.45) is 5.92 Å². The van der Waals surface area contributed by atoms with Gasteiger partial charge in [0, 0.05) is 12.5 Å². The van der Waals surface area contributed by atoms with Crippen LogP contribution in [0.5, 0.6) is 0 Å². The van der Waals surface area contributed by atoms with E-state index in [4.69, 9.17) is 0 Å². The highest BCUT2D eigenvalue weighted by atomic mass is 19.4. The first-order chi connectivity index (χ1) is 13.6. The predicted molar refractivity (Wildman–Crippen MR) is 109 cm³/mol. The third-order valence-corrected chi connectivity index (χ3v) is 6.10. The van der Waals surface area contributed by atoms with Gasteiger partial charge >= 0.3 is 6.18 Å². The fourth-order valence-electron chi connectivity index (χ4n) is 4.31. The molecule has 2 unspecified atom stereocenters. The number of likely N-dealkylation sites (tertiary alicyclic amines) is 1. The van der Waals surface area contributed by atoms with Crippen LogP contribution in [0.1, 0.15) is 53.1 Å². The molecule has 3 rings (SSSR count). The predicted octanol–water partition coefficient (Wildman–Crippen LogP) is 5.91. The van der Waals surface area contributed by atoms with Crippen molar-refractivity contribution in [1.29, 1.82) is 0 Å². The number of aryl methyl sites for hydroxylation is 3. The topological polar surface area (TPSA) is 20.3 Å². The lowest BCUT2D eigenvalue weighted by atomic mass is 9.84. The van der Waals surface area contributed by atoms with E-state index < -0.39 is 11.7 Å². The zero-order valence-corrected chi connectivity index (χ0v) is 17.2. The summed E-state index contributed by atoms with van der Waals surface area (Å²) in [6.45, 7) is 4.62. The zero-order valence-electron chi connectivity index (χ0n) is 17.2. The van der Waals surface area contributed by atoms with Crippen molar-refractivity contribution in [2.45, 2.75) is 51.7 Å². The highest BCUT2D eigenvalue weighted by Gasteiger charge is 2.32. The van der Waals surface area contributed by atoms with Crippen molar-refractivity contribution >= 4 is 5.78 Å². The van der Waals surface area contributed by atoms with E-state index in [1.807, 2.05) is 7.05 Å². The lowest BCUT2D eigenvalue weighted by Gasteiger charge is -2.33. The molecule has 1 aliphatic heterocycles. The van der Waals surface area contributed by atoms with Crippen molar-refractivity contribution in [3.63, 3.8) is 0 Å². The zero-order chi connectivity index (χ0) is 21.2. The van der Waals surface area contributed by atoms with Gasteiger partial charge in [0.1, 0.15) is 5.78 Å². The average Bonchev–Trinajstić information content (AvgIpc) is 2.79. The molecular weight excluding hydrogens is 375 g/mol.